The van der Waals surface area contributed by atoms with Crippen LogP contribution in [0.25, 0.3) is 11.4 Å². The Labute approximate surface area is 304 Å². The highest BCUT2D eigenvalue weighted by Gasteiger charge is 2.26. The average Bonchev–Trinajstić information content (AvgIpc) is 3.66. The minimum absolute atomic E-state index is 0.189. The van der Waals surface area contributed by atoms with Crippen molar-refractivity contribution < 1.29 is 4.57 Å². The molecule has 0 amide bonds. The first kappa shape index (κ1) is 34.0. The molecule has 7 rings (SSSR count). The molecule has 0 N–H and O–H groups in total. The van der Waals surface area contributed by atoms with Gasteiger partial charge >= 0.3 is 0 Å². The van der Waals surface area contributed by atoms with Crippen LogP contribution in [0.4, 0.5) is 0 Å². The lowest BCUT2D eigenvalue weighted by atomic mass is 9.84. The van der Waals surface area contributed by atoms with E-state index in [0.717, 1.165) is 0 Å². The van der Waals surface area contributed by atoms with Crippen LogP contribution >= 0.6 is 0 Å². The highest BCUT2D eigenvalue weighted by atomic mass is 15.1. The zero-order chi connectivity index (χ0) is 35.5. The molecule has 0 aliphatic carbocycles. The number of rotatable bonds is 10. The molecule has 2 nitrogen and oxygen atoms in total. The molecule has 0 bridgehead atoms. The molecule has 51 heavy (non-hydrogen) atoms. The summed E-state index contributed by atoms with van der Waals surface area (Å²) in [5.74, 6) is 0.755. The Morgan fingerprint density at radius 3 is 1.12 bits per heavy atom. The van der Waals surface area contributed by atoms with E-state index in [0.29, 0.717) is 0 Å². The van der Waals surface area contributed by atoms with Gasteiger partial charge in [0.25, 0.3) is 6.33 Å². The first-order valence-corrected chi connectivity index (χ1v) is 18.3. The molecule has 1 aromatic heterocycles. The monoisotopic (exact) mass is 664 g/mol. The third-order valence-corrected chi connectivity index (χ3v) is 10.8. The SMILES string of the molecule is Cc1cc([C@H](C)c2ccccc2)c(-n2[c-][n+](-c3c([C@H](C)c4ccccc4)cc(C)cc3[C@H](C)c3ccccc3)cc2)c([C@H](C)c2ccccc2)c1. The summed E-state index contributed by atoms with van der Waals surface area (Å²) in [5.41, 5.74) is 15.4. The van der Waals surface area contributed by atoms with E-state index in [1.54, 1.807) is 0 Å². The molecule has 0 unspecified atom stereocenters. The van der Waals surface area contributed by atoms with Crippen molar-refractivity contribution in [1.82, 2.24) is 4.57 Å². The van der Waals surface area contributed by atoms with Crippen molar-refractivity contribution in [2.24, 2.45) is 0 Å². The van der Waals surface area contributed by atoms with Crippen molar-refractivity contribution in [3.8, 4) is 11.4 Å². The smallest absolute Gasteiger partial charge is 0.268 e. The van der Waals surface area contributed by atoms with Gasteiger partial charge in [-0.1, -0.05) is 184 Å². The van der Waals surface area contributed by atoms with Gasteiger partial charge in [0.1, 0.15) is 0 Å². The summed E-state index contributed by atoms with van der Waals surface area (Å²) in [6, 6.07) is 53.1. The maximum absolute atomic E-state index is 3.90. The van der Waals surface area contributed by atoms with Gasteiger partial charge in [-0.25, -0.2) is 0 Å². The van der Waals surface area contributed by atoms with Gasteiger partial charge in [0.2, 0.25) is 0 Å². The van der Waals surface area contributed by atoms with Gasteiger partial charge in [-0.05, 0) is 58.4 Å². The van der Waals surface area contributed by atoms with Crippen molar-refractivity contribution in [3.05, 3.63) is 220 Å². The molecule has 0 radical (unpaired) electrons. The molecule has 0 fully saturated rings. The third kappa shape index (κ3) is 6.97. The lowest BCUT2D eigenvalue weighted by Gasteiger charge is -2.26. The van der Waals surface area contributed by atoms with E-state index in [-0.39, 0.29) is 23.7 Å². The first-order valence-electron chi connectivity index (χ1n) is 18.3. The van der Waals surface area contributed by atoms with Crippen molar-refractivity contribution in [1.29, 1.82) is 0 Å². The maximum atomic E-state index is 3.90. The van der Waals surface area contributed by atoms with E-state index in [4.69, 9.17) is 0 Å². The second-order valence-corrected chi connectivity index (χ2v) is 14.3. The quantitative estimate of drug-likeness (QED) is 0.102. The molecule has 4 atom stereocenters. The van der Waals surface area contributed by atoms with E-state index >= 15 is 0 Å². The number of hydrogen-bond acceptors (Lipinski definition) is 0. The maximum Gasteiger partial charge on any atom is 0.268 e. The highest BCUT2D eigenvalue weighted by Crippen LogP contribution is 2.39. The van der Waals surface area contributed by atoms with Gasteiger partial charge in [-0.15, -0.1) is 0 Å². The van der Waals surface area contributed by atoms with Crippen LogP contribution in [0.2, 0.25) is 0 Å². The Balaban J connectivity index is 1.46. The van der Waals surface area contributed by atoms with Gasteiger partial charge in [0, 0.05) is 36.1 Å². The Hall–Kier alpha value is -5.47. The standard InChI is InChI=1S/C49H48N2/c1-34-29-44(36(3)40-19-11-7-12-20-40)48(45(30-34)37(4)41-21-13-8-14-22-41)50-27-28-51(33-50)49-46(38(5)42-23-15-9-16-24-42)31-35(2)32-47(49)39(6)43-25-17-10-18-26-43/h7-32,36-39H,1-6H3/t36-,37-,38-,39-/m1/s1. The van der Waals surface area contributed by atoms with E-state index in [1.807, 2.05) is 0 Å². The lowest BCUT2D eigenvalue weighted by Crippen LogP contribution is -2.33. The number of benzene rings is 6. The van der Waals surface area contributed by atoms with Gasteiger partial charge in [-0.2, -0.15) is 0 Å². The normalized spacial score (nSPS) is 13.8. The summed E-state index contributed by atoms with van der Waals surface area (Å²) in [6.07, 6.45) is 8.32. The van der Waals surface area contributed by atoms with Crippen molar-refractivity contribution in [2.45, 2.75) is 65.2 Å². The van der Waals surface area contributed by atoms with Gasteiger partial charge in [0.05, 0.1) is 11.4 Å². The second-order valence-electron chi connectivity index (χ2n) is 14.3. The second kappa shape index (κ2) is 14.8. The number of imidazole rings is 1. The van der Waals surface area contributed by atoms with E-state index in [1.165, 1.54) is 67.0 Å². The summed E-state index contributed by atoms with van der Waals surface area (Å²) in [7, 11) is 0. The predicted molar refractivity (Wildman–Crippen MR) is 211 cm³/mol. The van der Waals surface area contributed by atoms with Crippen LogP contribution in [0.3, 0.4) is 0 Å². The Kier molecular flexibility index (Phi) is 9.86. The molecule has 0 saturated carbocycles. The van der Waals surface area contributed by atoms with E-state index in [9.17, 15) is 0 Å². The number of nitrogens with zero attached hydrogens (tertiary/aromatic N) is 2. The minimum atomic E-state index is 0.189. The molecule has 0 aliphatic heterocycles. The lowest BCUT2D eigenvalue weighted by molar-refractivity contribution is -0.600. The van der Waals surface area contributed by atoms with E-state index < -0.39 is 0 Å². The largest absolute Gasteiger partial charge is 0.298 e. The molecule has 0 spiro atoms. The topological polar surface area (TPSA) is 8.81 Å². The number of aromatic nitrogens is 2. The Morgan fingerprint density at radius 1 is 0.451 bits per heavy atom. The fourth-order valence-corrected chi connectivity index (χ4v) is 7.80. The molecule has 6 aromatic carbocycles. The molecule has 254 valence electrons. The molecule has 0 saturated heterocycles. The van der Waals surface area contributed by atoms with E-state index in [2.05, 4.69) is 215 Å². The highest BCUT2D eigenvalue weighted by molar-refractivity contribution is 5.58. The van der Waals surface area contributed by atoms with Crippen LogP contribution in [0.15, 0.2) is 158 Å². The summed E-state index contributed by atoms with van der Waals surface area (Å²) in [5, 5.41) is 0. The molecular formula is C49H48N2. The summed E-state index contributed by atoms with van der Waals surface area (Å²) < 4.78 is 4.52. The molecule has 0 aliphatic rings. The first-order chi connectivity index (χ1) is 24.8. The Morgan fingerprint density at radius 2 is 0.765 bits per heavy atom. The van der Waals surface area contributed by atoms with Crippen molar-refractivity contribution in [3.63, 3.8) is 0 Å². The third-order valence-electron chi connectivity index (χ3n) is 10.8. The van der Waals surface area contributed by atoms with Crippen molar-refractivity contribution >= 4 is 0 Å². The zero-order valence-electron chi connectivity index (χ0n) is 30.7. The summed E-state index contributed by atoms with van der Waals surface area (Å²) in [4.78, 5) is 0. The molecule has 2 heteroatoms. The minimum Gasteiger partial charge on any atom is -0.298 e. The van der Waals surface area contributed by atoms with Crippen LogP contribution in [0.5, 0.6) is 0 Å². The summed E-state index contributed by atoms with van der Waals surface area (Å²) >= 11 is 0. The average molecular weight is 665 g/mol. The van der Waals surface area contributed by atoms with Crippen LogP contribution in [-0.4, -0.2) is 4.57 Å². The van der Waals surface area contributed by atoms with Crippen molar-refractivity contribution in [2.75, 3.05) is 0 Å². The predicted octanol–water partition coefficient (Wildman–Crippen LogP) is 11.8. The van der Waals surface area contributed by atoms with Crippen LogP contribution in [0.1, 0.15) is 107 Å². The Bertz CT molecular complexity index is 1920. The van der Waals surface area contributed by atoms with Crippen LogP contribution in [0, 0.1) is 20.2 Å². The van der Waals surface area contributed by atoms with Crippen LogP contribution < -0.4 is 4.57 Å². The molecule has 7 aromatic rings. The molecular weight excluding hydrogens is 617 g/mol. The number of hydrogen-bond donors (Lipinski definition) is 0. The van der Waals surface area contributed by atoms with Gasteiger partial charge < -0.3 is 0 Å². The fourth-order valence-electron chi connectivity index (χ4n) is 7.80. The zero-order valence-corrected chi connectivity index (χ0v) is 30.7. The number of aryl methyl sites for hydroxylation is 2. The van der Waals surface area contributed by atoms with Gasteiger partial charge in [-0.3, -0.25) is 9.13 Å². The molecule has 1 heterocycles. The van der Waals surface area contributed by atoms with Gasteiger partial charge in [0.15, 0.2) is 0 Å². The fraction of sp³-hybridized carbons (Fsp3) is 0.204. The summed E-state index contributed by atoms with van der Waals surface area (Å²) in [6.45, 7) is 13.8. The van der Waals surface area contributed by atoms with Crippen LogP contribution in [-0.2, 0) is 0 Å².